The topological polar surface area (TPSA) is 0 Å². The first-order chi connectivity index (χ1) is 8.95. The summed E-state index contributed by atoms with van der Waals surface area (Å²) < 4.78 is 0. The van der Waals surface area contributed by atoms with Crippen molar-refractivity contribution in [2.75, 3.05) is 0 Å². The average Bonchev–Trinajstić information content (AvgIpc) is 3.10. The normalized spacial score (nSPS) is 9.52. The zero-order valence-electron chi connectivity index (χ0n) is 11.4. The van der Waals surface area contributed by atoms with E-state index in [0.29, 0.717) is 0 Å². The second kappa shape index (κ2) is 10.2. The van der Waals surface area contributed by atoms with Crippen LogP contribution >= 0.6 is 0 Å². The molecule has 3 aromatic carbocycles. The van der Waals surface area contributed by atoms with Gasteiger partial charge in [0.25, 0.3) is 0 Å². The number of hydrogen-bond acceptors (Lipinski definition) is 0. The summed E-state index contributed by atoms with van der Waals surface area (Å²) in [5.74, 6) is 0. The molecule has 0 N–H and O–H groups in total. The van der Waals surface area contributed by atoms with Crippen molar-refractivity contribution >= 4 is 0 Å². The van der Waals surface area contributed by atoms with Crippen LogP contribution < -0.4 is 34.0 Å². The van der Waals surface area contributed by atoms with Crippen molar-refractivity contribution in [3.63, 3.8) is 0 Å². The third kappa shape index (κ3) is 5.00. The second-order valence-electron chi connectivity index (χ2n) is 4.36. The standard InChI is InChI=1S/C13H9.C5H5.2BrH.Ti/c1-3-7-12-10(5-1)9-11-6-2-4-8-13(11)12;1-2-4-5-3-1;;;/h1-5,7-8H,9H2;1-5H;2*1H;/q2*-1;;;+4/p-2. The molecule has 0 saturated carbocycles. The molecular weight excluding hydrogens is 424 g/mol. The number of halogens is 2. The van der Waals surface area contributed by atoms with Gasteiger partial charge in [-0.05, 0) is 6.42 Å². The van der Waals surface area contributed by atoms with Gasteiger partial charge in [-0.2, -0.15) is 48.0 Å². The maximum atomic E-state index is 3.30. The van der Waals surface area contributed by atoms with E-state index in [1.807, 2.05) is 36.4 Å². The van der Waals surface area contributed by atoms with Crippen LogP contribution in [0, 0.1) is 6.07 Å². The Morgan fingerprint density at radius 1 is 0.810 bits per heavy atom. The molecule has 1 aliphatic carbocycles. The number of fused-ring (bicyclic) bond motifs is 3. The molecule has 3 aromatic rings. The summed E-state index contributed by atoms with van der Waals surface area (Å²) in [6, 6.07) is 28.1. The zero-order chi connectivity index (χ0) is 12.2. The van der Waals surface area contributed by atoms with Crippen LogP contribution in [0.15, 0.2) is 72.8 Å². The van der Waals surface area contributed by atoms with Gasteiger partial charge >= 0.3 is 21.7 Å². The molecule has 1 aliphatic rings. The average molecular weight is 438 g/mol. The van der Waals surface area contributed by atoms with Gasteiger partial charge in [0.2, 0.25) is 0 Å². The molecule has 0 fully saturated rings. The minimum absolute atomic E-state index is 0. The Hall–Kier alpha value is -0.536. The summed E-state index contributed by atoms with van der Waals surface area (Å²) in [7, 11) is 0. The number of hydrogen-bond donors (Lipinski definition) is 0. The molecule has 4 rings (SSSR count). The Kier molecular flexibility index (Phi) is 9.97. The van der Waals surface area contributed by atoms with Crippen LogP contribution in [0.5, 0.6) is 0 Å². The smallest absolute Gasteiger partial charge is 1.00 e. The van der Waals surface area contributed by atoms with E-state index in [9.17, 15) is 0 Å². The molecule has 0 aromatic heterocycles. The monoisotopic (exact) mass is 436 g/mol. The van der Waals surface area contributed by atoms with E-state index in [1.165, 1.54) is 22.3 Å². The molecule has 0 heterocycles. The largest absolute Gasteiger partial charge is 4.00 e. The molecule has 0 nitrogen and oxygen atoms in total. The van der Waals surface area contributed by atoms with E-state index in [0.717, 1.165) is 6.42 Å². The molecule has 0 bridgehead atoms. The fourth-order valence-corrected chi connectivity index (χ4v) is 2.32. The van der Waals surface area contributed by atoms with Gasteiger partial charge in [0.15, 0.2) is 0 Å². The fourth-order valence-electron chi connectivity index (χ4n) is 2.32. The van der Waals surface area contributed by atoms with Gasteiger partial charge in [-0.1, -0.05) is 35.4 Å². The third-order valence-electron chi connectivity index (χ3n) is 3.17. The summed E-state index contributed by atoms with van der Waals surface area (Å²) in [6.45, 7) is 0. The predicted octanol–water partition coefficient (Wildman–Crippen LogP) is -1.53. The van der Waals surface area contributed by atoms with E-state index in [4.69, 9.17) is 0 Å². The summed E-state index contributed by atoms with van der Waals surface area (Å²) in [5.41, 5.74) is 5.51. The summed E-state index contributed by atoms with van der Waals surface area (Å²) in [4.78, 5) is 0. The van der Waals surface area contributed by atoms with Crippen LogP contribution in [0.4, 0.5) is 0 Å². The first kappa shape index (κ1) is 20.5. The van der Waals surface area contributed by atoms with E-state index in [-0.39, 0.29) is 55.7 Å². The van der Waals surface area contributed by atoms with Crippen molar-refractivity contribution in [1.29, 1.82) is 0 Å². The second-order valence-corrected chi connectivity index (χ2v) is 4.36. The van der Waals surface area contributed by atoms with E-state index < -0.39 is 0 Å². The van der Waals surface area contributed by atoms with E-state index >= 15 is 0 Å². The summed E-state index contributed by atoms with van der Waals surface area (Å²) in [6.07, 6.45) is 1.05. The SMILES string of the molecule is [Br-].[Br-].[Ti+4].[c-]1cccc2c1Cc1ccccc1-2.c1cc[cH-]c1. The van der Waals surface area contributed by atoms with E-state index in [2.05, 4.69) is 42.5 Å². The fraction of sp³-hybridized carbons (Fsp3) is 0.0556. The molecule has 3 heteroatoms. The molecule has 0 saturated heterocycles. The maximum Gasteiger partial charge on any atom is 4.00 e. The van der Waals surface area contributed by atoms with Gasteiger partial charge in [-0.3, -0.25) is 0 Å². The minimum Gasteiger partial charge on any atom is -1.00 e. The van der Waals surface area contributed by atoms with Gasteiger partial charge < -0.3 is 34.0 Å². The molecule has 0 radical (unpaired) electrons. The van der Waals surface area contributed by atoms with Crippen LogP contribution in [-0.2, 0) is 28.1 Å². The van der Waals surface area contributed by atoms with Crippen LogP contribution in [-0.4, -0.2) is 0 Å². The summed E-state index contributed by atoms with van der Waals surface area (Å²) >= 11 is 0. The molecule has 0 spiro atoms. The Morgan fingerprint density at radius 3 is 2.14 bits per heavy atom. The molecule has 0 unspecified atom stereocenters. The van der Waals surface area contributed by atoms with Crippen molar-refractivity contribution in [3.05, 3.63) is 90.0 Å². The van der Waals surface area contributed by atoms with Crippen molar-refractivity contribution in [1.82, 2.24) is 0 Å². The first-order valence-corrected chi connectivity index (χ1v) is 6.20. The third-order valence-corrected chi connectivity index (χ3v) is 3.17. The Bertz CT molecular complexity index is 573. The van der Waals surface area contributed by atoms with Crippen LogP contribution in [0.1, 0.15) is 11.1 Å². The quantitative estimate of drug-likeness (QED) is 0.231. The molecule has 21 heavy (non-hydrogen) atoms. The molecule has 0 atom stereocenters. The molecule has 104 valence electrons. The van der Waals surface area contributed by atoms with Crippen molar-refractivity contribution in [2.45, 2.75) is 6.42 Å². The van der Waals surface area contributed by atoms with E-state index in [1.54, 1.807) is 0 Å². The first-order valence-electron chi connectivity index (χ1n) is 6.20. The number of rotatable bonds is 0. The van der Waals surface area contributed by atoms with Crippen molar-refractivity contribution in [2.24, 2.45) is 0 Å². The van der Waals surface area contributed by atoms with Gasteiger partial charge in [0.05, 0.1) is 0 Å². The summed E-state index contributed by atoms with van der Waals surface area (Å²) in [5, 5.41) is 0. The van der Waals surface area contributed by atoms with Crippen molar-refractivity contribution in [3.8, 4) is 11.1 Å². The van der Waals surface area contributed by atoms with Gasteiger partial charge in [0, 0.05) is 0 Å². The number of benzene rings is 2. The predicted molar refractivity (Wildman–Crippen MR) is 75.6 cm³/mol. The maximum absolute atomic E-state index is 3.30. The van der Waals surface area contributed by atoms with Gasteiger partial charge in [-0.15, -0.1) is 5.56 Å². The Balaban J connectivity index is 0.000000437. The molecule has 0 amide bonds. The van der Waals surface area contributed by atoms with Gasteiger partial charge in [-0.25, -0.2) is 12.1 Å². The molecule has 0 aliphatic heterocycles. The van der Waals surface area contributed by atoms with Crippen molar-refractivity contribution < 1.29 is 55.7 Å². The Labute approximate surface area is 162 Å². The van der Waals surface area contributed by atoms with Crippen LogP contribution in [0.25, 0.3) is 11.1 Å². The van der Waals surface area contributed by atoms with Crippen LogP contribution in [0.2, 0.25) is 0 Å². The zero-order valence-corrected chi connectivity index (χ0v) is 16.1. The minimum atomic E-state index is 0. The molecular formula is C18H14Br2Ti. The Morgan fingerprint density at radius 2 is 1.48 bits per heavy atom. The van der Waals surface area contributed by atoms with Crippen LogP contribution in [0.3, 0.4) is 0 Å². The van der Waals surface area contributed by atoms with Gasteiger partial charge in [0.1, 0.15) is 0 Å².